The van der Waals surface area contributed by atoms with E-state index in [1.54, 1.807) is 0 Å². The molecule has 0 spiro atoms. The van der Waals surface area contributed by atoms with Gasteiger partial charge in [0.05, 0.1) is 19.1 Å². The van der Waals surface area contributed by atoms with Crippen LogP contribution < -0.4 is 5.32 Å². The second kappa shape index (κ2) is 3.35. The third-order valence-electron chi connectivity index (χ3n) is 1.80. The first kappa shape index (κ1) is 8.02. The van der Waals surface area contributed by atoms with Gasteiger partial charge >= 0.3 is 5.97 Å². The van der Waals surface area contributed by atoms with Gasteiger partial charge in [0.15, 0.2) is 0 Å². The van der Waals surface area contributed by atoms with Gasteiger partial charge in [-0.1, -0.05) is 0 Å². The molecule has 0 aromatic carbocycles. The van der Waals surface area contributed by atoms with E-state index in [4.69, 9.17) is 5.26 Å². The van der Waals surface area contributed by atoms with Crippen LogP contribution in [0, 0.1) is 17.2 Å². The summed E-state index contributed by atoms with van der Waals surface area (Å²) in [6.45, 7) is 0.594. The molecule has 0 aliphatic carbocycles. The Morgan fingerprint density at radius 2 is 2.55 bits per heavy atom. The summed E-state index contributed by atoms with van der Waals surface area (Å²) in [5.41, 5.74) is 0. The fourth-order valence-corrected chi connectivity index (χ4v) is 1.16. The van der Waals surface area contributed by atoms with Gasteiger partial charge in [-0.15, -0.1) is 0 Å². The van der Waals surface area contributed by atoms with Gasteiger partial charge in [0, 0.05) is 6.54 Å². The van der Waals surface area contributed by atoms with Crippen LogP contribution in [0.3, 0.4) is 0 Å². The van der Waals surface area contributed by atoms with Crippen molar-refractivity contribution in [1.82, 2.24) is 5.32 Å². The molecule has 1 N–H and O–H groups in total. The Bertz CT molecular complexity index is 197. The standard InChI is InChI=1S/C7H10N2O2/c1-11-7(10)6-2-5(3-8)4-9-6/h5-6,9H,2,4H2,1H3/t5-,6+/m1/s1. The monoisotopic (exact) mass is 154 g/mol. The van der Waals surface area contributed by atoms with Crippen molar-refractivity contribution in [3.63, 3.8) is 0 Å². The van der Waals surface area contributed by atoms with E-state index in [0.29, 0.717) is 13.0 Å². The number of esters is 1. The lowest BCUT2D eigenvalue weighted by atomic mass is 10.1. The van der Waals surface area contributed by atoms with Crippen molar-refractivity contribution in [3.05, 3.63) is 0 Å². The highest BCUT2D eigenvalue weighted by Crippen LogP contribution is 2.13. The predicted octanol–water partition coefficient (Wildman–Crippen LogP) is -0.339. The Morgan fingerprint density at radius 1 is 1.82 bits per heavy atom. The molecule has 1 aliphatic heterocycles. The number of nitriles is 1. The highest BCUT2D eigenvalue weighted by atomic mass is 16.5. The number of carbonyl (C=O) groups excluding carboxylic acids is 1. The van der Waals surface area contributed by atoms with Gasteiger partial charge in [-0.3, -0.25) is 4.79 Å². The molecule has 0 aromatic rings. The second-order valence-electron chi connectivity index (χ2n) is 2.55. The minimum Gasteiger partial charge on any atom is -0.468 e. The van der Waals surface area contributed by atoms with Crippen LogP contribution in [0.1, 0.15) is 6.42 Å². The van der Waals surface area contributed by atoms with Gasteiger partial charge in [0.2, 0.25) is 0 Å². The molecule has 0 radical (unpaired) electrons. The first-order chi connectivity index (χ1) is 5.27. The maximum Gasteiger partial charge on any atom is 0.322 e. The highest BCUT2D eigenvalue weighted by molar-refractivity contribution is 5.76. The van der Waals surface area contributed by atoms with Gasteiger partial charge in [-0.2, -0.15) is 5.26 Å². The summed E-state index contributed by atoms with van der Waals surface area (Å²) in [6.07, 6.45) is 0.573. The quantitative estimate of drug-likeness (QED) is 0.525. The van der Waals surface area contributed by atoms with Crippen molar-refractivity contribution in [2.24, 2.45) is 5.92 Å². The second-order valence-corrected chi connectivity index (χ2v) is 2.55. The number of ether oxygens (including phenoxy) is 1. The van der Waals surface area contributed by atoms with Crippen LogP contribution in [-0.4, -0.2) is 25.7 Å². The number of methoxy groups -OCH3 is 1. The minimum absolute atomic E-state index is 0.0425. The van der Waals surface area contributed by atoms with Crippen LogP contribution >= 0.6 is 0 Å². The molecule has 1 fully saturated rings. The maximum absolute atomic E-state index is 10.9. The zero-order valence-corrected chi connectivity index (χ0v) is 6.33. The largest absolute Gasteiger partial charge is 0.468 e. The minimum atomic E-state index is -0.275. The van der Waals surface area contributed by atoms with Gasteiger partial charge in [-0.25, -0.2) is 0 Å². The summed E-state index contributed by atoms with van der Waals surface area (Å²) >= 11 is 0. The molecule has 0 bridgehead atoms. The van der Waals surface area contributed by atoms with E-state index in [1.165, 1.54) is 7.11 Å². The number of nitrogens with one attached hydrogen (secondary N) is 1. The molecule has 2 atom stereocenters. The van der Waals surface area contributed by atoms with Crippen LogP contribution in [0.5, 0.6) is 0 Å². The fraction of sp³-hybridized carbons (Fsp3) is 0.714. The highest BCUT2D eigenvalue weighted by Gasteiger charge is 2.29. The Balaban J connectivity index is 2.43. The van der Waals surface area contributed by atoms with Crippen LogP contribution in [0.2, 0.25) is 0 Å². The summed E-state index contributed by atoms with van der Waals surface area (Å²) in [7, 11) is 1.35. The van der Waals surface area contributed by atoms with E-state index >= 15 is 0 Å². The molecule has 60 valence electrons. The normalized spacial score (nSPS) is 29.5. The van der Waals surface area contributed by atoms with Crippen LogP contribution in [0.4, 0.5) is 0 Å². The number of hydrogen-bond acceptors (Lipinski definition) is 4. The topological polar surface area (TPSA) is 62.1 Å². The first-order valence-corrected chi connectivity index (χ1v) is 3.48. The molecule has 4 heteroatoms. The molecule has 1 rings (SSSR count). The Kier molecular flexibility index (Phi) is 2.44. The molecule has 0 unspecified atom stereocenters. The Labute approximate surface area is 65.1 Å². The number of rotatable bonds is 1. The number of carbonyl (C=O) groups is 1. The smallest absolute Gasteiger partial charge is 0.322 e. The lowest BCUT2D eigenvalue weighted by molar-refractivity contribution is -0.142. The van der Waals surface area contributed by atoms with Crippen molar-refractivity contribution in [2.75, 3.05) is 13.7 Å². The number of hydrogen-bond donors (Lipinski definition) is 1. The van der Waals surface area contributed by atoms with E-state index in [1.807, 2.05) is 0 Å². The van der Waals surface area contributed by atoms with E-state index < -0.39 is 0 Å². The van der Waals surface area contributed by atoms with Crippen LogP contribution in [0.25, 0.3) is 0 Å². The van der Waals surface area contributed by atoms with E-state index in [-0.39, 0.29) is 17.9 Å². The van der Waals surface area contributed by atoms with Gasteiger partial charge in [0.1, 0.15) is 6.04 Å². The Morgan fingerprint density at radius 3 is 3.00 bits per heavy atom. The molecule has 1 saturated heterocycles. The number of nitrogens with zero attached hydrogens (tertiary/aromatic N) is 1. The molecule has 0 saturated carbocycles. The molecule has 0 amide bonds. The molecule has 4 nitrogen and oxygen atoms in total. The molecule has 0 aromatic heterocycles. The summed E-state index contributed by atoms with van der Waals surface area (Å²) in [4.78, 5) is 10.9. The average Bonchev–Trinajstić information content (AvgIpc) is 2.50. The van der Waals surface area contributed by atoms with Crippen LogP contribution in [0.15, 0.2) is 0 Å². The van der Waals surface area contributed by atoms with Crippen molar-refractivity contribution in [1.29, 1.82) is 5.26 Å². The third kappa shape index (κ3) is 1.69. The van der Waals surface area contributed by atoms with Gasteiger partial charge in [-0.05, 0) is 6.42 Å². The van der Waals surface area contributed by atoms with E-state index in [9.17, 15) is 4.79 Å². The lowest BCUT2D eigenvalue weighted by Gasteiger charge is -2.05. The zero-order chi connectivity index (χ0) is 8.27. The van der Waals surface area contributed by atoms with Crippen molar-refractivity contribution >= 4 is 5.97 Å². The van der Waals surface area contributed by atoms with E-state index in [0.717, 1.165) is 0 Å². The van der Waals surface area contributed by atoms with Crippen molar-refractivity contribution in [2.45, 2.75) is 12.5 Å². The van der Waals surface area contributed by atoms with E-state index in [2.05, 4.69) is 16.1 Å². The Hall–Kier alpha value is -1.08. The lowest BCUT2D eigenvalue weighted by Crippen LogP contribution is -2.31. The van der Waals surface area contributed by atoms with Crippen molar-refractivity contribution in [3.8, 4) is 6.07 Å². The molecule has 1 heterocycles. The molecule has 11 heavy (non-hydrogen) atoms. The summed E-state index contributed by atoms with van der Waals surface area (Å²) in [6, 6.07) is 1.83. The maximum atomic E-state index is 10.9. The summed E-state index contributed by atoms with van der Waals surface area (Å²) in [5.74, 6) is -0.318. The van der Waals surface area contributed by atoms with Crippen LogP contribution in [-0.2, 0) is 9.53 Å². The molecular weight excluding hydrogens is 144 g/mol. The van der Waals surface area contributed by atoms with Gasteiger partial charge in [0.25, 0.3) is 0 Å². The molecular formula is C7H10N2O2. The van der Waals surface area contributed by atoms with Gasteiger partial charge < -0.3 is 10.1 Å². The average molecular weight is 154 g/mol. The van der Waals surface area contributed by atoms with Crippen molar-refractivity contribution < 1.29 is 9.53 Å². The third-order valence-corrected chi connectivity index (χ3v) is 1.80. The summed E-state index contributed by atoms with van der Waals surface area (Å²) < 4.78 is 4.52. The zero-order valence-electron chi connectivity index (χ0n) is 6.33. The first-order valence-electron chi connectivity index (χ1n) is 3.48. The SMILES string of the molecule is COC(=O)[C@@H]1C[C@H](C#N)CN1. The summed E-state index contributed by atoms with van der Waals surface area (Å²) in [5, 5.41) is 11.4. The molecule has 1 aliphatic rings. The fourth-order valence-electron chi connectivity index (χ4n) is 1.16. The predicted molar refractivity (Wildman–Crippen MR) is 37.5 cm³/mol.